The standard InChI is InChI=1S/C18H21NO2/c1-2-21-15-18(20)19(13-16-9-5-3-6-10-16)14-17-11-7-4-8-12-17/h3-12H,2,13-15H2,1H3. The van der Waals surface area contributed by atoms with Crippen molar-refractivity contribution in [3.05, 3.63) is 71.8 Å². The summed E-state index contributed by atoms with van der Waals surface area (Å²) >= 11 is 0. The number of hydrogen-bond acceptors (Lipinski definition) is 2. The summed E-state index contributed by atoms with van der Waals surface area (Å²) in [6.07, 6.45) is 0. The number of amides is 1. The Hall–Kier alpha value is -2.13. The number of benzene rings is 2. The lowest BCUT2D eigenvalue weighted by Crippen LogP contribution is -2.33. The van der Waals surface area contributed by atoms with Gasteiger partial charge in [0.25, 0.3) is 0 Å². The molecule has 2 aromatic carbocycles. The zero-order chi connectivity index (χ0) is 14.9. The van der Waals surface area contributed by atoms with E-state index in [0.29, 0.717) is 19.7 Å². The number of carbonyl (C=O) groups is 1. The molecule has 0 unspecified atom stereocenters. The van der Waals surface area contributed by atoms with Crippen LogP contribution < -0.4 is 0 Å². The van der Waals surface area contributed by atoms with Gasteiger partial charge in [0.1, 0.15) is 6.61 Å². The summed E-state index contributed by atoms with van der Waals surface area (Å²) in [7, 11) is 0. The fourth-order valence-corrected chi connectivity index (χ4v) is 2.12. The molecule has 0 spiro atoms. The van der Waals surface area contributed by atoms with Gasteiger partial charge in [0.15, 0.2) is 0 Å². The quantitative estimate of drug-likeness (QED) is 0.780. The Morgan fingerprint density at radius 3 is 1.81 bits per heavy atom. The van der Waals surface area contributed by atoms with E-state index >= 15 is 0 Å². The molecule has 0 saturated heterocycles. The largest absolute Gasteiger partial charge is 0.372 e. The molecule has 3 heteroatoms. The van der Waals surface area contributed by atoms with Crippen LogP contribution in [0.4, 0.5) is 0 Å². The zero-order valence-corrected chi connectivity index (χ0v) is 12.4. The van der Waals surface area contributed by atoms with Gasteiger partial charge in [-0.1, -0.05) is 60.7 Å². The highest BCUT2D eigenvalue weighted by molar-refractivity contribution is 5.77. The maximum Gasteiger partial charge on any atom is 0.249 e. The number of nitrogens with zero attached hydrogens (tertiary/aromatic N) is 1. The third kappa shape index (κ3) is 5.04. The summed E-state index contributed by atoms with van der Waals surface area (Å²) in [4.78, 5) is 14.1. The van der Waals surface area contributed by atoms with Crippen LogP contribution in [0.15, 0.2) is 60.7 Å². The average molecular weight is 283 g/mol. The smallest absolute Gasteiger partial charge is 0.249 e. The van der Waals surface area contributed by atoms with Crippen molar-refractivity contribution in [2.24, 2.45) is 0 Å². The first-order valence-corrected chi connectivity index (χ1v) is 7.23. The number of rotatable bonds is 7. The van der Waals surface area contributed by atoms with E-state index in [1.165, 1.54) is 0 Å². The summed E-state index contributed by atoms with van der Waals surface area (Å²) < 4.78 is 5.26. The van der Waals surface area contributed by atoms with Crippen LogP contribution >= 0.6 is 0 Å². The van der Waals surface area contributed by atoms with Crippen molar-refractivity contribution in [1.29, 1.82) is 0 Å². The van der Waals surface area contributed by atoms with Gasteiger partial charge in [-0.3, -0.25) is 4.79 Å². The van der Waals surface area contributed by atoms with Gasteiger partial charge in [0, 0.05) is 19.7 Å². The van der Waals surface area contributed by atoms with Crippen LogP contribution in [0.3, 0.4) is 0 Å². The van der Waals surface area contributed by atoms with E-state index in [1.54, 1.807) is 0 Å². The minimum Gasteiger partial charge on any atom is -0.372 e. The van der Waals surface area contributed by atoms with Gasteiger partial charge in [0.05, 0.1) is 0 Å². The van der Waals surface area contributed by atoms with Crippen molar-refractivity contribution in [2.45, 2.75) is 20.0 Å². The van der Waals surface area contributed by atoms with Crippen LogP contribution in [0.25, 0.3) is 0 Å². The highest BCUT2D eigenvalue weighted by Gasteiger charge is 2.14. The molecule has 0 aromatic heterocycles. The van der Waals surface area contributed by atoms with E-state index in [2.05, 4.69) is 0 Å². The predicted octanol–water partition coefficient (Wildman–Crippen LogP) is 3.25. The van der Waals surface area contributed by atoms with Crippen LogP contribution in [0.5, 0.6) is 0 Å². The molecule has 0 N–H and O–H groups in total. The van der Waals surface area contributed by atoms with E-state index in [-0.39, 0.29) is 12.5 Å². The minimum absolute atomic E-state index is 0.0181. The van der Waals surface area contributed by atoms with E-state index in [0.717, 1.165) is 11.1 Å². The molecule has 0 heterocycles. The molecular formula is C18H21NO2. The second-order valence-electron chi connectivity index (χ2n) is 4.86. The molecule has 0 atom stereocenters. The van der Waals surface area contributed by atoms with Crippen LogP contribution in [0, 0.1) is 0 Å². The second kappa shape index (κ2) is 8.22. The van der Waals surface area contributed by atoms with Crippen molar-refractivity contribution < 1.29 is 9.53 Å². The molecule has 0 radical (unpaired) electrons. The maximum absolute atomic E-state index is 12.3. The first-order valence-electron chi connectivity index (χ1n) is 7.23. The van der Waals surface area contributed by atoms with E-state index in [4.69, 9.17) is 4.74 Å². The predicted molar refractivity (Wildman–Crippen MR) is 83.6 cm³/mol. The molecule has 110 valence electrons. The van der Waals surface area contributed by atoms with Gasteiger partial charge in [-0.05, 0) is 18.1 Å². The van der Waals surface area contributed by atoms with Crippen LogP contribution in [-0.4, -0.2) is 24.0 Å². The van der Waals surface area contributed by atoms with E-state index < -0.39 is 0 Å². The Bertz CT molecular complexity index is 498. The van der Waals surface area contributed by atoms with Crippen molar-refractivity contribution in [2.75, 3.05) is 13.2 Å². The van der Waals surface area contributed by atoms with Gasteiger partial charge in [-0.2, -0.15) is 0 Å². The summed E-state index contributed by atoms with van der Waals surface area (Å²) in [5, 5.41) is 0. The fraction of sp³-hybridized carbons (Fsp3) is 0.278. The van der Waals surface area contributed by atoms with Gasteiger partial charge < -0.3 is 9.64 Å². The van der Waals surface area contributed by atoms with E-state index in [9.17, 15) is 4.79 Å². The lowest BCUT2D eigenvalue weighted by Gasteiger charge is -2.23. The van der Waals surface area contributed by atoms with Gasteiger partial charge in [0.2, 0.25) is 5.91 Å². The van der Waals surface area contributed by atoms with Crippen LogP contribution in [0.2, 0.25) is 0 Å². The molecule has 2 rings (SSSR count). The summed E-state index contributed by atoms with van der Waals surface area (Å²) in [5.41, 5.74) is 2.25. The monoisotopic (exact) mass is 283 g/mol. The Kier molecular flexibility index (Phi) is 5.98. The van der Waals surface area contributed by atoms with Crippen molar-refractivity contribution >= 4 is 5.91 Å². The molecule has 21 heavy (non-hydrogen) atoms. The van der Waals surface area contributed by atoms with Gasteiger partial charge >= 0.3 is 0 Å². The first kappa shape index (κ1) is 15.3. The Morgan fingerprint density at radius 1 is 0.905 bits per heavy atom. The van der Waals surface area contributed by atoms with E-state index in [1.807, 2.05) is 72.5 Å². The molecular weight excluding hydrogens is 262 g/mol. The summed E-state index contributed by atoms with van der Waals surface area (Å²) in [6, 6.07) is 20.0. The molecule has 1 amide bonds. The topological polar surface area (TPSA) is 29.5 Å². The summed E-state index contributed by atoms with van der Waals surface area (Å²) in [6.45, 7) is 3.78. The molecule has 0 aliphatic rings. The summed E-state index contributed by atoms with van der Waals surface area (Å²) in [5.74, 6) is 0.0181. The van der Waals surface area contributed by atoms with Crippen molar-refractivity contribution in [3.8, 4) is 0 Å². The highest BCUT2D eigenvalue weighted by atomic mass is 16.5. The maximum atomic E-state index is 12.3. The minimum atomic E-state index is 0.0181. The number of hydrogen-bond donors (Lipinski definition) is 0. The van der Waals surface area contributed by atoms with Crippen LogP contribution in [0.1, 0.15) is 18.1 Å². The molecule has 2 aromatic rings. The number of carbonyl (C=O) groups excluding carboxylic acids is 1. The molecule has 0 saturated carbocycles. The second-order valence-corrected chi connectivity index (χ2v) is 4.86. The Labute approximate surface area is 126 Å². The average Bonchev–Trinajstić information content (AvgIpc) is 2.54. The highest BCUT2D eigenvalue weighted by Crippen LogP contribution is 2.10. The van der Waals surface area contributed by atoms with Crippen LogP contribution in [-0.2, 0) is 22.6 Å². The molecule has 0 aliphatic carbocycles. The fourth-order valence-electron chi connectivity index (χ4n) is 2.12. The molecule has 0 fully saturated rings. The molecule has 3 nitrogen and oxygen atoms in total. The Morgan fingerprint density at radius 2 is 1.38 bits per heavy atom. The Balaban J connectivity index is 2.08. The SMILES string of the molecule is CCOCC(=O)N(Cc1ccccc1)Cc1ccccc1. The van der Waals surface area contributed by atoms with Crippen molar-refractivity contribution in [1.82, 2.24) is 4.90 Å². The van der Waals surface area contributed by atoms with Gasteiger partial charge in [-0.15, -0.1) is 0 Å². The lowest BCUT2D eigenvalue weighted by molar-refractivity contribution is -0.137. The zero-order valence-electron chi connectivity index (χ0n) is 12.4. The normalized spacial score (nSPS) is 10.3. The third-order valence-electron chi connectivity index (χ3n) is 3.21. The molecule has 0 bridgehead atoms. The first-order chi connectivity index (χ1) is 10.3. The van der Waals surface area contributed by atoms with Crippen molar-refractivity contribution in [3.63, 3.8) is 0 Å². The van der Waals surface area contributed by atoms with Gasteiger partial charge in [-0.25, -0.2) is 0 Å². The number of ether oxygens (including phenoxy) is 1. The molecule has 0 aliphatic heterocycles. The third-order valence-corrected chi connectivity index (χ3v) is 3.21. The lowest BCUT2D eigenvalue weighted by atomic mass is 10.1.